The van der Waals surface area contributed by atoms with E-state index in [1.54, 1.807) is 18.5 Å². The van der Waals surface area contributed by atoms with Crippen LogP contribution in [0.1, 0.15) is 24.6 Å². The summed E-state index contributed by atoms with van der Waals surface area (Å²) in [6, 6.07) is 5.28. The highest BCUT2D eigenvalue weighted by molar-refractivity contribution is 5.82. The SMILES string of the molecule is COc1ccc(CNc2ncnc3c2ncn3C2CCCO2)cc1O. The quantitative estimate of drug-likeness (QED) is 0.736. The summed E-state index contributed by atoms with van der Waals surface area (Å²) in [6.45, 7) is 1.26. The van der Waals surface area contributed by atoms with Crippen LogP contribution < -0.4 is 10.1 Å². The average Bonchev–Trinajstić information content (AvgIpc) is 3.29. The smallest absolute Gasteiger partial charge is 0.167 e. The van der Waals surface area contributed by atoms with Gasteiger partial charge in [0.25, 0.3) is 0 Å². The Balaban J connectivity index is 1.56. The van der Waals surface area contributed by atoms with Crippen molar-refractivity contribution in [2.45, 2.75) is 25.6 Å². The Kier molecular flexibility index (Phi) is 4.10. The Morgan fingerprint density at radius 3 is 3.04 bits per heavy atom. The maximum absolute atomic E-state index is 9.88. The van der Waals surface area contributed by atoms with Gasteiger partial charge in [-0.25, -0.2) is 15.0 Å². The number of anilines is 1. The van der Waals surface area contributed by atoms with Gasteiger partial charge >= 0.3 is 0 Å². The van der Waals surface area contributed by atoms with Crippen LogP contribution >= 0.6 is 0 Å². The molecular weight excluding hydrogens is 322 g/mol. The number of rotatable bonds is 5. The molecule has 25 heavy (non-hydrogen) atoms. The molecule has 3 heterocycles. The van der Waals surface area contributed by atoms with Crippen LogP contribution in [-0.4, -0.2) is 38.3 Å². The fourth-order valence-electron chi connectivity index (χ4n) is 3.00. The topological polar surface area (TPSA) is 94.3 Å². The number of nitrogens with one attached hydrogen (secondary N) is 1. The third kappa shape index (κ3) is 2.96. The van der Waals surface area contributed by atoms with Crippen LogP contribution in [0.4, 0.5) is 5.82 Å². The Hall–Kier alpha value is -2.87. The van der Waals surface area contributed by atoms with Gasteiger partial charge in [-0.05, 0) is 30.5 Å². The summed E-state index contributed by atoms with van der Waals surface area (Å²) in [6.07, 6.45) is 5.26. The van der Waals surface area contributed by atoms with E-state index in [1.807, 2.05) is 10.6 Å². The number of nitrogens with zero attached hydrogens (tertiary/aromatic N) is 4. The van der Waals surface area contributed by atoms with Gasteiger partial charge in [-0.15, -0.1) is 0 Å². The van der Waals surface area contributed by atoms with E-state index >= 15 is 0 Å². The fraction of sp³-hybridized carbons (Fsp3) is 0.353. The number of aromatic nitrogens is 4. The first-order valence-electron chi connectivity index (χ1n) is 8.15. The van der Waals surface area contributed by atoms with Gasteiger partial charge in [0, 0.05) is 13.2 Å². The van der Waals surface area contributed by atoms with E-state index in [-0.39, 0.29) is 12.0 Å². The average molecular weight is 341 g/mol. The van der Waals surface area contributed by atoms with Crippen molar-refractivity contribution in [3.8, 4) is 11.5 Å². The summed E-state index contributed by atoms with van der Waals surface area (Å²) in [5.41, 5.74) is 2.36. The third-order valence-electron chi connectivity index (χ3n) is 4.28. The van der Waals surface area contributed by atoms with Crippen molar-refractivity contribution in [2.24, 2.45) is 0 Å². The summed E-state index contributed by atoms with van der Waals surface area (Å²) in [5.74, 6) is 1.21. The Bertz CT molecular complexity index is 889. The summed E-state index contributed by atoms with van der Waals surface area (Å²) in [5, 5.41) is 13.1. The number of hydrogen-bond donors (Lipinski definition) is 2. The van der Waals surface area contributed by atoms with E-state index in [2.05, 4.69) is 20.3 Å². The van der Waals surface area contributed by atoms with Crippen molar-refractivity contribution in [2.75, 3.05) is 19.0 Å². The molecule has 1 aliphatic rings. The largest absolute Gasteiger partial charge is 0.504 e. The zero-order valence-corrected chi connectivity index (χ0v) is 13.8. The van der Waals surface area contributed by atoms with Crippen LogP contribution in [0, 0.1) is 0 Å². The molecule has 1 saturated heterocycles. The molecule has 1 unspecified atom stereocenters. The van der Waals surface area contributed by atoms with Crippen molar-refractivity contribution in [3.05, 3.63) is 36.4 Å². The van der Waals surface area contributed by atoms with E-state index in [0.717, 1.165) is 30.7 Å². The summed E-state index contributed by atoms with van der Waals surface area (Å²) < 4.78 is 12.7. The minimum absolute atomic E-state index is 0.00807. The zero-order chi connectivity index (χ0) is 17.2. The highest BCUT2D eigenvalue weighted by Crippen LogP contribution is 2.29. The lowest BCUT2D eigenvalue weighted by Gasteiger charge is -2.12. The van der Waals surface area contributed by atoms with Crippen molar-refractivity contribution in [3.63, 3.8) is 0 Å². The number of phenols is 1. The molecule has 0 amide bonds. The predicted octanol–water partition coefficient (Wildman–Crippen LogP) is 2.46. The van der Waals surface area contributed by atoms with Gasteiger partial charge in [0.1, 0.15) is 12.6 Å². The molecule has 8 heteroatoms. The lowest BCUT2D eigenvalue weighted by Crippen LogP contribution is -2.07. The van der Waals surface area contributed by atoms with Gasteiger partial charge in [0.15, 0.2) is 28.5 Å². The number of phenolic OH excluding ortho intramolecular Hbond substituents is 1. The van der Waals surface area contributed by atoms with Crippen molar-refractivity contribution < 1.29 is 14.6 Å². The number of hydrogen-bond acceptors (Lipinski definition) is 7. The summed E-state index contributed by atoms with van der Waals surface area (Å²) in [4.78, 5) is 13.1. The maximum Gasteiger partial charge on any atom is 0.167 e. The van der Waals surface area contributed by atoms with E-state index < -0.39 is 0 Å². The fourth-order valence-corrected chi connectivity index (χ4v) is 3.00. The van der Waals surface area contributed by atoms with E-state index in [1.165, 1.54) is 13.4 Å². The number of ether oxygens (including phenoxy) is 2. The standard InChI is InChI=1S/C17H19N5O3/c1-24-13-5-4-11(7-12(13)23)8-18-16-15-17(20-9-19-16)22(10-21-15)14-3-2-6-25-14/h4-5,7,9-10,14,23H,2-3,6,8H2,1H3,(H,18,19,20). The Morgan fingerprint density at radius 2 is 2.28 bits per heavy atom. The second-order valence-electron chi connectivity index (χ2n) is 5.87. The van der Waals surface area contributed by atoms with E-state index in [4.69, 9.17) is 9.47 Å². The second kappa shape index (κ2) is 6.56. The molecule has 1 atom stereocenters. The molecule has 0 saturated carbocycles. The number of aromatic hydroxyl groups is 1. The van der Waals surface area contributed by atoms with Crippen molar-refractivity contribution in [1.29, 1.82) is 0 Å². The highest BCUT2D eigenvalue weighted by Gasteiger charge is 2.21. The number of benzene rings is 1. The first-order valence-corrected chi connectivity index (χ1v) is 8.15. The molecule has 2 N–H and O–H groups in total. The minimum Gasteiger partial charge on any atom is -0.504 e. The molecule has 8 nitrogen and oxygen atoms in total. The molecule has 3 aromatic rings. The minimum atomic E-state index is -0.00807. The lowest BCUT2D eigenvalue weighted by molar-refractivity contribution is 0.0593. The van der Waals surface area contributed by atoms with Crippen LogP contribution in [0.3, 0.4) is 0 Å². The lowest BCUT2D eigenvalue weighted by atomic mass is 10.2. The van der Waals surface area contributed by atoms with Gasteiger partial charge in [0.2, 0.25) is 0 Å². The number of methoxy groups -OCH3 is 1. The predicted molar refractivity (Wildman–Crippen MR) is 91.5 cm³/mol. The highest BCUT2D eigenvalue weighted by atomic mass is 16.5. The summed E-state index contributed by atoms with van der Waals surface area (Å²) in [7, 11) is 1.52. The molecule has 1 fully saturated rings. The molecule has 0 radical (unpaired) electrons. The first-order chi connectivity index (χ1) is 12.3. The van der Waals surface area contributed by atoms with Crippen LogP contribution in [-0.2, 0) is 11.3 Å². The first kappa shape index (κ1) is 15.6. The Morgan fingerprint density at radius 1 is 1.36 bits per heavy atom. The molecule has 130 valence electrons. The molecule has 0 aliphatic carbocycles. The van der Waals surface area contributed by atoms with Gasteiger partial charge in [0.05, 0.1) is 13.4 Å². The molecule has 1 aromatic carbocycles. The summed E-state index contributed by atoms with van der Waals surface area (Å²) >= 11 is 0. The van der Waals surface area contributed by atoms with Crippen LogP contribution in [0.2, 0.25) is 0 Å². The monoisotopic (exact) mass is 341 g/mol. The molecule has 1 aliphatic heterocycles. The molecule has 0 bridgehead atoms. The van der Waals surface area contributed by atoms with Crippen LogP contribution in [0.25, 0.3) is 11.2 Å². The van der Waals surface area contributed by atoms with Crippen molar-refractivity contribution in [1.82, 2.24) is 19.5 Å². The number of imidazole rings is 1. The van der Waals surface area contributed by atoms with Gasteiger partial charge in [-0.3, -0.25) is 4.57 Å². The zero-order valence-electron chi connectivity index (χ0n) is 13.8. The number of fused-ring (bicyclic) bond motifs is 1. The Labute approximate surface area is 144 Å². The third-order valence-corrected chi connectivity index (χ3v) is 4.28. The van der Waals surface area contributed by atoms with E-state index in [9.17, 15) is 5.11 Å². The second-order valence-corrected chi connectivity index (χ2v) is 5.87. The normalized spacial score (nSPS) is 17.1. The molecule has 0 spiro atoms. The van der Waals surface area contributed by atoms with Gasteiger partial charge < -0.3 is 19.9 Å². The van der Waals surface area contributed by atoms with Crippen LogP contribution in [0.15, 0.2) is 30.9 Å². The van der Waals surface area contributed by atoms with Crippen molar-refractivity contribution >= 4 is 17.0 Å². The van der Waals surface area contributed by atoms with Crippen LogP contribution in [0.5, 0.6) is 11.5 Å². The maximum atomic E-state index is 9.88. The molecule has 2 aromatic heterocycles. The van der Waals surface area contributed by atoms with E-state index in [0.29, 0.717) is 23.6 Å². The van der Waals surface area contributed by atoms with Gasteiger partial charge in [-0.2, -0.15) is 0 Å². The molecule has 4 rings (SSSR count). The van der Waals surface area contributed by atoms with Gasteiger partial charge in [-0.1, -0.05) is 6.07 Å². The molecular formula is C17H19N5O3.